The van der Waals surface area contributed by atoms with Crippen LogP contribution in [0, 0.1) is 6.92 Å². The van der Waals surface area contributed by atoms with Gasteiger partial charge in [-0.1, -0.05) is 0 Å². The minimum Gasteiger partial charge on any atom is -0.408 e. The average Bonchev–Trinajstić information content (AvgIpc) is 2.13. The van der Waals surface area contributed by atoms with Crippen molar-refractivity contribution >= 4 is 10.9 Å². The first-order chi connectivity index (χ1) is 7.85. The van der Waals surface area contributed by atoms with Crippen molar-refractivity contribution < 1.29 is 22.3 Å². The van der Waals surface area contributed by atoms with Gasteiger partial charge in [-0.25, -0.2) is 9.78 Å². The van der Waals surface area contributed by atoms with Gasteiger partial charge in [-0.05, 0) is 12.1 Å². The molecule has 1 heterocycles. The lowest BCUT2D eigenvalue weighted by Gasteiger charge is -2.08. The van der Waals surface area contributed by atoms with Crippen molar-refractivity contribution in [3.63, 3.8) is 0 Å². The van der Waals surface area contributed by atoms with E-state index in [0.717, 1.165) is 12.1 Å². The summed E-state index contributed by atoms with van der Waals surface area (Å²) in [4.78, 5) is 15.1. The molecule has 0 fully saturated rings. The molecule has 0 aliphatic carbocycles. The first-order valence-corrected chi connectivity index (χ1v) is 4.52. The summed E-state index contributed by atoms with van der Waals surface area (Å²) in [5.74, 6) is -0.353. The van der Waals surface area contributed by atoms with E-state index in [1.807, 2.05) is 0 Å². The first kappa shape index (κ1) is 11.4. The number of aryl methyl sites for hydroxylation is 1. The molecule has 0 radical (unpaired) electrons. The van der Waals surface area contributed by atoms with Gasteiger partial charge in [0.1, 0.15) is 5.75 Å². The van der Waals surface area contributed by atoms with Gasteiger partial charge in [-0.2, -0.15) is 0 Å². The number of aromatic nitrogens is 1. The third kappa shape index (κ3) is 2.55. The second-order valence-electron chi connectivity index (χ2n) is 3.25. The summed E-state index contributed by atoms with van der Waals surface area (Å²) in [6, 6.07) is 3.24. The van der Waals surface area contributed by atoms with Gasteiger partial charge in [0.05, 0.1) is 10.9 Å². The summed E-state index contributed by atoms with van der Waals surface area (Å²) in [7, 11) is 0. The monoisotopic (exact) mass is 245 g/mol. The van der Waals surface area contributed by atoms with E-state index in [0.29, 0.717) is 0 Å². The summed E-state index contributed by atoms with van der Waals surface area (Å²) in [6.45, 7) is 1.43. The predicted octanol–water partition coefficient (Wildman–Crippen LogP) is 2.40. The lowest BCUT2D eigenvalue weighted by atomic mass is 10.2. The van der Waals surface area contributed by atoms with Crippen LogP contribution in [0.25, 0.3) is 10.9 Å². The molecule has 90 valence electrons. The van der Waals surface area contributed by atoms with Crippen LogP contribution in [0.2, 0.25) is 0 Å². The smallest absolute Gasteiger partial charge is 0.408 e. The summed E-state index contributed by atoms with van der Waals surface area (Å²) in [5.41, 5.74) is -0.549. The third-order valence-electron chi connectivity index (χ3n) is 1.94. The molecule has 4 nitrogen and oxygen atoms in total. The maximum Gasteiger partial charge on any atom is 0.573 e. The summed E-state index contributed by atoms with van der Waals surface area (Å²) in [5, 5.41) is 0.102. The molecule has 1 aromatic carbocycles. The number of fused-ring (bicyclic) bond motifs is 1. The number of ether oxygens (including phenoxy) is 1. The van der Waals surface area contributed by atoms with Crippen LogP contribution in [-0.2, 0) is 0 Å². The van der Waals surface area contributed by atoms with E-state index >= 15 is 0 Å². The van der Waals surface area contributed by atoms with Gasteiger partial charge < -0.3 is 9.15 Å². The largest absolute Gasteiger partial charge is 0.573 e. The van der Waals surface area contributed by atoms with Crippen molar-refractivity contribution in [2.45, 2.75) is 13.3 Å². The Morgan fingerprint density at radius 1 is 1.35 bits per heavy atom. The molecule has 2 rings (SSSR count). The molecule has 0 atom stereocenters. The van der Waals surface area contributed by atoms with E-state index in [-0.39, 0.29) is 16.8 Å². The fraction of sp³-hybridized carbons (Fsp3) is 0.200. The first-order valence-electron chi connectivity index (χ1n) is 4.52. The Hall–Kier alpha value is -2.05. The van der Waals surface area contributed by atoms with Gasteiger partial charge in [0, 0.05) is 13.0 Å². The Balaban J connectivity index is 2.54. The van der Waals surface area contributed by atoms with Crippen molar-refractivity contribution in [3.8, 4) is 5.75 Å². The number of nitrogens with zero attached hydrogens (tertiary/aromatic N) is 1. The number of hydrogen-bond acceptors (Lipinski definition) is 4. The fourth-order valence-corrected chi connectivity index (χ4v) is 1.36. The molecule has 1 aromatic heterocycles. The normalized spacial score (nSPS) is 11.8. The number of alkyl halides is 3. The standard InChI is InChI=1S/C10H6F3NO3/c1-5-14-8-4-6(17-10(11,12)13)2-3-7(8)9(15)16-5/h2-4H,1H3. The molecule has 0 bridgehead atoms. The predicted molar refractivity (Wildman–Crippen MR) is 51.7 cm³/mol. The number of benzene rings is 1. The second kappa shape index (κ2) is 3.76. The molecule has 0 unspecified atom stereocenters. The van der Waals surface area contributed by atoms with E-state index in [2.05, 4.69) is 9.72 Å². The SMILES string of the molecule is Cc1nc2cc(OC(F)(F)F)ccc2c(=O)o1. The van der Waals surface area contributed by atoms with Gasteiger partial charge in [0.25, 0.3) is 0 Å². The van der Waals surface area contributed by atoms with Crippen LogP contribution in [0.4, 0.5) is 13.2 Å². The summed E-state index contributed by atoms with van der Waals surface area (Å²) in [6.07, 6.45) is -4.78. The zero-order valence-corrected chi connectivity index (χ0v) is 8.54. The van der Waals surface area contributed by atoms with Crippen molar-refractivity contribution in [2.75, 3.05) is 0 Å². The van der Waals surface area contributed by atoms with Crippen LogP contribution in [0.15, 0.2) is 27.4 Å². The van der Waals surface area contributed by atoms with Crippen molar-refractivity contribution in [3.05, 3.63) is 34.5 Å². The van der Waals surface area contributed by atoms with E-state index in [4.69, 9.17) is 4.42 Å². The Labute approximate surface area is 92.6 Å². The Morgan fingerprint density at radius 3 is 2.71 bits per heavy atom. The maximum atomic E-state index is 12.0. The Bertz CT molecular complexity index is 618. The molecule has 0 amide bonds. The van der Waals surface area contributed by atoms with E-state index in [1.165, 1.54) is 13.0 Å². The fourth-order valence-electron chi connectivity index (χ4n) is 1.36. The molecule has 0 saturated carbocycles. The highest BCUT2D eigenvalue weighted by molar-refractivity contribution is 5.78. The highest BCUT2D eigenvalue weighted by Gasteiger charge is 2.31. The average molecular weight is 245 g/mol. The third-order valence-corrected chi connectivity index (χ3v) is 1.94. The molecule has 0 N–H and O–H groups in total. The zero-order valence-electron chi connectivity index (χ0n) is 8.54. The van der Waals surface area contributed by atoms with E-state index < -0.39 is 17.7 Å². The lowest BCUT2D eigenvalue weighted by Crippen LogP contribution is -2.17. The van der Waals surface area contributed by atoms with Crippen molar-refractivity contribution in [1.29, 1.82) is 0 Å². The van der Waals surface area contributed by atoms with Gasteiger partial charge >= 0.3 is 12.0 Å². The quantitative estimate of drug-likeness (QED) is 0.774. The van der Waals surface area contributed by atoms with Crippen LogP contribution in [0.5, 0.6) is 5.75 Å². The molecular formula is C10H6F3NO3. The molecule has 17 heavy (non-hydrogen) atoms. The minimum atomic E-state index is -4.78. The van der Waals surface area contributed by atoms with Crippen LogP contribution in [-0.4, -0.2) is 11.3 Å². The molecule has 7 heteroatoms. The molecule has 0 aliphatic heterocycles. The Morgan fingerprint density at radius 2 is 2.06 bits per heavy atom. The second-order valence-corrected chi connectivity index (χ2v) is 3.25. The molecular weight excluding hydrogens is 239 g/mol. The van der Waals surface area contributed by atoms with Crippen LogP contribution >= 0.6 is 0 Å². The minimum absolute atomic E-state index is 0.0756. The number of halogens is 3. The number of rotatable bonds is 1. The summed E-state index contributed by atoms with van der Waals surface area (Å²) < 4.78 is 44.3. The highest BCUT2D eigenvalue weighted by atomic mass is 19.4. The highest BCUT2D eigenvalue weighted by Crippen LogP contribution is 2.24. The van der Waals surface area contributed by atoms with Gasteiger partial charge in [0.15, 0.2) is 5.89 Å². The van der Waals surface area contributed by atoms with Gasteiger partial charge in [0.2, 0.25) is 0 Å². The van der Waals surface area contributed by atoms with Gasteiger partial charge in [-0.3, -0.25) is 0 Å². The van der Waals surface area contributed by atoms with Crippen LogP contribution in [0.1, 0.15) is 5.89 Å². The summed E-state index contributed by atoms with van der Waals surface area (Å²) >= 11 is 0. The Kier molecular flexibility index (Phi) is 2.53. The van der Waals surface area contributed by atoms with Crippen LogP contribution in [0.3, 0.4) is 0 Å². The maximum absolute atomic E-state index is 12.0. The lowest BCUT2D eigenvalue weighted by molar-refractivity contribution is -0.274. The van der Waals surface area contributed by atoms with Crippen molar-refractivity contribution in [2.24, 2.45) is 0 Å². The topological polar surface area (TPSA) is 52.3 Å². The number of hydrogen-bond donors (Lipinski definition) is 0. The van der Waals surface area contributed by atoms with E-state index in [1.54, 1.807) is 0 Å². The molecule has 0 aliphatic rings. The van der Waals surface area contributed by atoms with Crippen molar-refractivity contribution in [1.82, 2.24) is 4.98 Å². The zero-order chi connectivity index (χ0) is 12.6. The molecule has 0 saturated heterocycles. The van der Waals surface area contributed by atoms with Gasteiger partial charge in [-0.15, -0.1) is 13.2 Å². The molecule has 0 spiro atoms. The molecule has 2 aromatic rings. The van der Waals surface area contributed by atoms with E-state index in [9.17, 15) is 18.0 Å². The van der Waals surface area contributed by atoms with Crippen LogP contribution < -0.4 is 10.4 Å².